The molecule has 0 fully saturated rings. The first-order valence-electron chi connectivity index (χ1n) is 3.60. The molecule has 12 heavy (non-hydrogen) atoms. The van der Waals surface area contributed by atoms with Gasteiger partial charge in [-0.2, -0.15) is 0 Å². The summed E-state index contributed by atoms with van der Waals surface area (Å²) < 4.78 is 12.4. The Balaban J connectivity index is 2.89. The Morgan fingerprint density at radius 1 is 1.42 bits per heavy atom. The summed E-state index contributed by atoms with van der Waals surface area (Å²) in [7, 11) is 0. The lowest BCUT2D eigenvalue weighted by Crippen LogP contribution is -2.00. The molecule has 0 aliphatic carbocycles. The van der Waals surface area contributed by atoms with E-state index in [1.807, 2.05) is 0 Å². The summed E-state index contributed by atoms with van der Waals surface area (Å²) in [4.78, 5) is 0. The van der Waals surface area contributed by atoms with Gasteiger partial charge in [-0.15, -0.1) is 6.42 Å². The van der Waals surface area contributed by atoms with Crippen molar-refractivity contribution in [3.8, 4) is 12.3 Å². The Kier molecular flexibility index (Phi) is 2.84. The predicted octanol–water partition coefficient (Wildman–Crippen LogP) is 1.53. The maximum atomic E-state index is 12.4. The van der Waals surface area contributed by atoms with Crippen molar-refractivity contribution in [3.05, 3.63) is 35.6 Å². The average molecular weight is 164 g/mol. The number of aliphatic hydroxyl groups excluding tert-OH is 1. The van der Waals surface area contributed by atoms with E-state index < -0.39 is 0 Å². The third-order valence-electron chi connectivity index (χ3n) is 1.66. The second-order valence-corrected chi connectivity index (χ2v) is 2.45. The molecule has 1 N–H and O–H groups in total. The van der Waals surface area contributed by atoms with E-state index >= 15 is 0 Å². The predicted molar refractivity (Wildman–Crippen MR) is 45.1 cm³/mol. The van der Waals surface area contributed by atoms with Crippen LogP contribution in [0.3, 0.4) is 0 Å². The number of halogens is 1. The maximum Gasteiger partial charge on any atom is 0.123 e. The van der Waals surface area contributed by atoms with Crippen LogP contribution >= 0.6 is 0 Å². The molecule has 1 atom stereocenters. The Morgan fingerprint density at radius 3 is 2.42 bits per heavy atom. The summed E-state index contributed by atoms with van der Waals surface area (Å²) >= 11 is 0. The number of aliphatic hydroxyl groups is 1. The summed E-state index contributed by atoms with van der Waals surface area (Å²) in [6.45, 7) is -0.109. The van der Waals surface area contributed by atoms with Crippen molar-refractivity contribution >= 4 is 0 Å². The number of hydrogen-bond acceptors (Lipinski definition) is 1. The molecule has 62 valence electrons. The van der Waals surface area contributed by atoms with Crippen LogP contribution in [0.4, 0.5) is 4.39 Å². The highest BCUT2D eigenvalue weighted by molar-refractivity contribution is 5.26. The summed E-state index contributed by atoms with van der Waals surface area (Å²) in [6.07, 6.45) is 5.15. The number of benzene rings is 1. The monoisotopic (exact) mass is 164 g/mol. The third-order valence-corrected chi connectivity index (χ3v) is 1.66. The molecule has 1 aromatic rings. The van der Waals surface area contributed by atoms with Gasteiger partial charge in [0, 0.05) is 0 Å². The zero-order valence-corrected chi connectivity index (χ0v) is 6.50. The van der Waals surface area contributed by atoms with Gasteiger partial charge in [-0.3, -0.25) is 0 Å². The Bertz CT molecular complexity index is 284. The first-order chi connectivity index (χ1) is 5.77. The number of hydrogen-bond donors (Lipinski definition) is 1. The Morgan fingerprint density at radius 2 is 2.00 bits per heavy atom. The van der Waals surface area contributed by atoms with E-state index in [9.17, 15) is 4.39 Å². The SMILES string of the molecule is C#CC(CO)c1ccc(F)cc1. The standard InChI is InChI=1S/C10H9FO/c1-2-8(7-12)9-3-5-10(11)6-4-9/h1,3-6,8,12H,7H2. The first kappa shape index (κ1) is 8.76. The summed E-state index contributed by atoms with van der Waals surface area (Å²) in [5, 5.41) is 8.81. The molecule has 1 nitrogen and oxygen atoms in total. The lowest BCUT2D eigenvalue weighted by Gasteiger charge is -2.05. The van der Waals surface area contributed by atoms with Gasteiger partial charge in [-0.25, -0.2) is 4.39 Å². The molecule has 1 aromatic carbocycles. The van der Waals surface area contributed by atoms with Crippen LogP contribution in [0.15, 0.2) is 24.3 Å². The molecule has 0 aliphatic heterocycles. The van der Waals surface area contributed by atoms with E-state index in [1.54, 1.807) is 12.1 Å². The van der Waals surface area contributed by atoms with E-state index in [-0.39, 0.29) is 18.3 Å². The van der Waals surface area contributed by atoms with Gasteiger partial charge in [0.25, 0.3) is 0 Å². The minimum atomic E-state index is -0.328. The molecule has 1 unspecified atom stereocenters. The van der Waals surface area contributed by atoms with Gasteiger partial charge in [0.1, 0.15) is 5.82 Å². The van der Waals surface area contributed by atoms with Crippen LogP contribution < -0.4 is 0 Å². The molecule has 0 aromatic heterocycles. The quantitative estimate of drug-likeness (QED) is 0.657. The molecule has 0 aliphatic rings. The second-order valence-electron chi connectivity index (χ2n) is 2.45. The minimum Gasteiger partial charge on any atom is -0.395 e. The van der Waals surface area contributed by atoms with Crippen molar-refractivity contribution in [2.45, 2.75) is 5.92 Å². The van der Waals surface area contributed by atoms with E-state index in [1.165, 1.54) is 12.1 Å². The fraction of sp³-hybridized carbons (Fsp3) is 0.200. The Hall–Kier alpha value is -1.33. The second kappa shape index (κ2) is 3.89. The maximum absolute atomic E-state index is 12.4. The van der Waals surface area contributed by atoms with Crippen LogP contribution in [0.5, 0.6) is 0 Å². The fourth-order valence-corrected chi connectivity index (χ4v) is 0.949. The molecule has 1 rings (SSSR count). The topological polar surface area (TPSA) is 20.2 Å². The molecule has 2 heteroatoms. The van der Waals surface area contributed by atoms with Crippen LogP contribution in [0.1, 0.15) is 11.5 Å². The Labute approximate surface area is 70.9 Å². The van der Waals surface area contributed by atoms with Gasteiger partial charge < -0.3 is 5.11 Å². The molecular weight excluding hydrogens is 155 g/mol. The van der Waals surface area contributed by atoms with Gasteiger partial charge >= 0.3 is 0 Å². The zero-order chi connectivity index (χ0) is 8.97. The van der Waals surface area contributed by atoms with Crippen molar-refractivity contribution in [1.82, 2.24) is 0 Å². The molecular formula is C10H9FO. The van der Waals surface area contributed by atoms with E-state index in [0.717, 1.165) is 5.56 Å². The van der Waals surface area contributed by atoms with Crippen LogP contribution in [-0.4, -0.2) is 11.7 Å². The smallest absolute Gasteiger partial charge is 0.123 e. The molecule has 0 bridgehead atoms. The number of rotatable bonds is 2. The first-order valence-corrected chi connectivity index (χ1v) is 3.60. The van der Waals surface area contributed by atoms with Gasteiger partial charge in [-0.05, 0) is 17.7 Å². The lowest BCUT2D eigenvalue weighted by atomic mass is 10.0. The lowest BCUT2D eigenvalue weighted by molar-refractivity contribution is 0.286. The largest absolute Gasteiger partial charge is 0.395 e. The van der Waals surface area contributed by atoms with Crippen LogP contribution in [0, 0.1) is 18.2 Å². The van der Waals surface area contributed by atoms with E-state index in [0.29, 0.717) is 0 Å². The summed E-state index contributed by atoms with van der Waals surface area (Å²) in [6, 6.07) is 5.82. The minimum absolute atomic E-state index is 0.109. The highest BCUT2D eigenvalue weighted by Gasteiger charge is 2.05. The van der Waals surface area contributed by atoms with Crippen molar-refractivity contribution in [1.29, 1.82) is 0 Å². The van der Waals surface area contributed by atoms with Crippen LogP contribution in [0.2, 0.25) is 0 Å². The number of terminal acetylenes is 1. The summed E-state index contributed by atoms with van der Waals surface area (Å²) in [5.41, 5.74) is 0.765. The van der Waals surface area contributed by atoms with Gasteiger partial charge in [-0.1, -0.05) is 18.1 Å². The molecule has 0 saturated heterocycles. The highest BCUT2D eigenvalue weighted by atomic mass is 19.1. The molecule has 0 radical (unpaired) electrons. The van der Waals surface area contributed by atoms with E-state index in [4.69, 9.17) is 11.5 Å². The van der Waals surface area contributed by atoms with Crippen molar-refractivity contribution < 1.29 is 9.50 Å². The zero-order valence-electron chi connectivity index (χ0n) is 6.50. The van der Waals surface area contributed by atoms with Gasteiger partial charge in [0.05, 0.1) is 12.5 Å². The molecule has 0 saturated carbocycles. The van der Waals surface area contributed by atoms with Gasteiger partial charge in [0.2, 0.25) is 0 Å². The molecule has 0 spiro atoms. The highest BCUT2D eigenvalue weighted by Crippen LogP contribution is 2.14. The molecule has 0 amide bonds. The van der Waals surface area contributed by atoms with Crippen LogP contribution in [0.25, 0.3) is 0 Å². The average Bonchev–Trinajstić information content (AvgIpc) is 2.10. The van der Waals surface area contributed by atoms with Crippen molar-refractivity contribution in [2.75, 3.05) is 6.61 Å². The van der Waals surface area contributed by atoms with Crippen molar-refractivity contribution in [3.63, 3.8) is 0 Å². The third kappa shape index (κ3) is 1.84. The normalized spacial score (nSPS) is 12.1. The van der Waals surface area contributed by atoms with Crippen LogP contribution in [-0.2, 0) is 0 Å². The van der Waals surface area contributed by atoms with Gasteiger partial charge in [0.15, 0.2) is 0 Å². The summed E-state index contributed by atoms with van der Waals surface area (Å²) in [5.74, 6) is 1.79. The van der Waals surface area contributed by atoms with E-state index in [2.05, 4.69) is 5.92 Å². The molecule has 0 heterocycles. The van der Waals surface area contributed by atoms with Crippen molar-refractivity contribution in [2.24, 2.45) is 0 Å². The fourth-order valence-electron chi connectivity index (χ4n) is 0.949.